The summed E-state index contributed by atoms with van der Waals surface area (Å²) in [6.07, 6.45) is -0.236. The van der Waals surface area contributed by atoms with Crippen molar-refractivity contribution in [2.45, 2.75) is 27.2 Å². The Morgan fingerprint density at radius 3 is 2.10 bits per heavy atom. The average molecular weight is 282 g/mol. The number of carbonyl (C=O) groups is 2. The van der Waals surface area contributed by atoms with Crippen molar-refractivity contribution < 1.29 is 14.7 Å². The van der Waals surface area contributed by atoms with Gasteiger partial charge in [0, 0.05) is 5.56 Å². The molecule has 0 amide bonds. The summed E-state index contributed by atoms with van der Waals surface area (Å²) >= 11 is 0. The lowest BCUT2D eigenvalue weighted by molar-refractivity contribution is 0.0893. The number of rotatable bonds is 4. The molecule has 0 radical (unpaired) electrons. The van der Waals surface area contributed by atoms with Crippen molar-refractivity contribution in [3.8, 4) is 5.75 Å². The zero-order valence-corrected chi connectivity index (χ0v) is 12.4. The van der Waals surface area contributed by atoms with Crippen LogP contribution in [0.2, 0.25) is 0 Å². The third-order valence-electron chi connectivity index (χ3n) is 3.32. The number of hydrogen-bond acceptors (Lipinski definition) is 3. The molecule has 0 saturated heterocycles. The number of phenols is 1. The quantitative estimate of drug-likeness (QED) is 0.686. The Hall–Kier alpha value is -2.42. The van der Waals surface area contributed by atoms with Crippen LogP contribution in [0.5, 0.6) is 5.75 Å². The fourth-order valence-corrected chi connectivity index (χ4v) is 2.35. The number of ketones is 2. The Bertz CT molecular complexity index is 694. The SMILES string of the molecule is Cc1cc(C)cc(C(=O)CC(=O)c2cc(C)ccc2O)c1. The van der Waals surface area contributed by atoms with Crippen LogP contribution in [0.25, 0.3) is 0 Å². The fourth-order valence-electron chi connectivity index (χ4n) is 2.35. The summed E-state index contributed by atoms with van der Waals surface area (Å²) in [5, 5.41) is 9.74. The molecular formula is C18H18O3. The van der Waals surface area contributed by atoms with Gasteiger partial charge in [-0.25, -0.2) is 0 Å². The second-order valence-electron chi connectivity index (χ2n) is 5.42. The highest BCUT2D eigenvalue weighted by atomic mass is 16.3. The van der Waals surface area contributed by atoms with E-state index in [2.05, 4.69) is 0 Å². The molecule has 0 atom stereocenters. The summed E-state index contributed by atoms with van der Waals surface area (Å²) in [6.45, 7) is 5.66. The molecule has 0 aliphatic carbocycles. The molecule has 3 nitrogen and oxygen atoms in total. The van der Waals surface area contributed by atoms with Crippen LogP contribution < -0.4 is 0 Å². The molecule has 0 saturated carbocycles. The molecule has 2 aromatic carbocycles. The van der Waals surface area contributed by atoms with Gasteiger partial charge in [-0.1, -0.05) is 28.8 Å². The number of Topliss-reactive ketones (excluding diaryl/α,β-unsaturated/α-hetero) is 2. The number of aryl methyl sites for hydroxylation is 3. The minimum absolute atomic E-state index is 0.0844. The Morgan fingerprint density at radius 2 is 1.48 bits per heavy atom. The predicted molar refractivity (Wildman–Crippen MR) is 82.0 cm³/mol. The van der Waals surface area contributed by atoms with Crippen LogP contribution in [0.4, 0.5) is 0 Å². The number of hydrogen-bond donors (Lipinski definition) is 1. The molecule has 0 heterocycles. The minimum atomic E-state index is -0.361. The van der Waals surface area contributed by atoms with Gasteiger partial charge < -0.3 is 5.11 Å². The van der Waals surface area contributed by atoms with Gasteiger partial charge in [-0.2, -0.15) is 0 Å². The van der Waals surface area contributed by atoms with Gasteiger partial charge in [0.05, 0.1) is 12.0 Å². The lowest BCUT2D eigenvalue weighted by Gasteiger charge is -2.06. The smallest absolute Gasteiger partial charge is 0.174 e. The second-order valence-corrected chi connectivity index (χ2v) is 5.42. The van der Waals surface area contributed by atoms with Crippen molar-refractivity contribution in [2.75, 3.05) is 0 Å². The summed E-state index contributed by atoms with van der Waals surface area (Å²) < 4.78 is 0. The number of carbonyl (C=O) groups excluding carboxylic acids is 2. The summed E-state index contributed by atoms with van der Waals surface area (Å²) in [5.74, 6) is -0.674. The molecule has 0 bridgehead atoms. The van der Waals surface area contributed by atoms with E-state index in [-0.39, 0.29) is 29.3 Å². The normalized spacial score (nSPS) is 10.4. The van der Waals surface area contributed by atoms with E-state index < -0.39 is 0 Å². The highest BCUT2D eigenvalue weighted by Gasteiger charge is 2.17. The summed E-state index contributed by atoms with van der Waals surface area (Å²) in [7, 11) is 0. The molecule has 0 aromatic heterocycles. The van der Waals surface area contributed by atoms with Crippen LogP contribution in [0, 0.1) is 20.8 Å². The Kier molecular flexibility index (Phi) is 4.22. The van der Waals surface area contributed by atoms with Crippen LogP contribution in [-0.2, 0) is 0 Å². The third-order valence-corrected chi connectivity index (χ3v) is 3.32. The molecule has 0 unspecified atom stereocenters. The van der Waals surface area contributed by atoms with E-state index in [1.807, 2.05) is 26.8 Å². The molecule has 21 heavy (non-hydrogen) atoms. The van der Waals surface area contributed by atoms with Gasteiger partial charge in [0.2, 0.25) is 0 Å². The predicted octanol–water partition coefficient (Wildman–Crippen LogP) is 3.77. The molecule has 0 spiro atoms. The zero-order chi connectivity index (χ0) is 15.6. The first-order valence-electron chi connectivity index (χ1n) is 6.81. The van der Waals surface area contributed by atoms with Crippen LogP contribution in [0.15, 0.2) is 36.4 Å². The summed E-state index contributed by atoms with van der Waals surface area (Å²) in [5.41, 5.74) is 3.59. The van der Waals surface area contributed by atoms with Crippen molar-refractivity contribution >= 4 is 11.6 Å². The lowest BCUT2D eigenvalue weighted by atomic mass is 9.97. The molecule has 0 fully saturated rings. The molecule has 2 rings (SSSR count). The fraction of sp³-hybridized carbons (Fsp3) is 0.222. The minimum Gasteiger partial charge on any atom is -0.507 e. The van der Waals surface area contributed by atoms with E-state index in [4.69, 9.17) is 0 Å². The highest BCUT2D eigenvalue weighted by molar-refractivity contribution is 6.14. The second kappa shape index (κ2) is 5.92. The van der Waals surface area contributed by atoms with Crippen molar-refractivity contribution in [3.05, 3.63) is 64.2 Å². The van der Waals surface area contributed by atoms with E-state index in [1.165, 1.54) is 6.07 Å². The number of phenolic OH excluding ortho intramolecular Hbond substituents is 1. The first-order valence-corrected chi connectivity index (χ1v) is 6.81. The van der Waals surface area contributed by atoms with E-state index in [9.17, 15) is 14.7 Å². The number of benzene rings is 2. The van der Waals surface area contributed by atoms with Crippen molar-refractivity contribution in [3.63, 3.8) is 0 Å². The molecule has 3 heteroatoms. The van der Waals surface area contributed by atoms with Crippen LogP contribution in [-0.4, -0.2) is 16.7 Å². The average Bonchev–Trinajstić information content (AvgIpc) is 2.40. The van der Waals surface area contributed by atoms with Crippen molar-refractivity contribution in [1.82, 2.24) is 0 Å². The van der Waals surface area contributed by atoms with Gasteiger partial charge >= 0.3 is 0 Å². The third kappa shape index (κ3) is 3.57. The van der Waals surface area contributed by atoms with E-state index in [0.717, 1.165) is 16.7 Å². The standard InChI is InChI=1S/C18H18O3/c1-11-4-5-16(19)15(9-11)18(21)10-17(20)14-7-12(2)6-13(3)8-14/h4-9,19H,10H2,1-3H3. The monoisotopic (exact) mass is 282 g/mol. The van der Waals surface area contributed by atoms with Crippen molar-refractivity contribution in [2.24, 2.45) is 0 Å². The van der Waals surface area contributed by atoms with Gasteiger partial charge in [-0.05, 0) is 45.0 Å². The molecular weight excluding hydrogens is 264 g/mol. The molecule has 1 N–H and O–H groups in total. The Balaban J connectivity index is 2.23. The van der Waals surface area contributed by atoms with Gasteiger partial charge in [-0.3, -0.25) is 9.59 Å². The molecule has 0 aliphatic heterocycles. The van der Waals surface area contributed by atoms with E-state index in [0.29, 0.717) is 5.56 Å². The van der Waals surface area contributed by atoms with Gasteiger partial charge in [0.1, 0.15) is 5.75 Å². The largest absolute Gasteiger partial charge is 0.507 e. The molecule has 0 aliphatic rings. The van der Waals surface area contributed by atoms with Gasteiger partial charge in [0.25, 0.3) is 0 Å². The zero-order valence-electron chi connectivity index (χ0n) is 12.4. The van der Waals surface area contributed by atoms with Crippen LogP contribution >= 0.6 is 0 Å². The lowest BCUT2D eigenvalue weighted by Crippen LogP contribution is -2.09. The molecule has 2 aromatic rings. The first kappa shape index (κ1) is 15.0. The van der Waals surface area contributed by atoms with Crippen molar-refractivity contribution in [1.29, 1.82) is 0 Å². The maximum Gasteiger partial charge on any atom is 0.174 e. The van der Waals surface area contributed by atoms with E-state index in [1.54, 1.807) is 24.3 Å². The summed E-state index contributed by atoms with van der Waals surface area (Å²) in [4.78, 5) is 24.4. The van der Waals surface area contributed by atoms with Crippen LogP contribution in [0.1, 0.15) is 43.8 Å². The Labute approximate surface area is 124 Å². The topological polar surface area (TPSA) is 54.4 Å². The van der Waals surface area contributed by atoms with Gasteiger partial charge in [0.15, 0.2) is 11.6 Å². The van der Waals surface area contributed by atoms with Gasteiger partial charge in [-0.15, -0.1) is 0 Å². The Morgan fingerprint density at radius 1 is 0.857 bits per heavy atom. The maximum absolute atomic E-state index is 12.2. The van der Waals surface area contributed by atoms with Crippen LogP contribution in [0.3, 0.4) is 0 Å². The highest BCUT2D eigenvalue weighted by Crippen LogP contribution is 2.21. The summed E-state index contributed by atoms with van der Waals surface area (Å²) in [6, 6.07) is 10.3. The van der Waals surface area contributed by atoms with E-state index >= 15 is 0 Å². The maximum atomic E-state index is 12.2. The first-order chi connectivity index (χ1) is 9.86. The molecule has 108 valence electrons. The number of aromatic hydroxyl groups is 1.